The number of hydrogen-bond acceptors (Lipinski definition) is 2. The van der Waals surface area contributed by atoms with Crippen LogP contribution in [0.4, 0.5) is 10.1 Å². The highest BCUT2D eigenvalue weighted by atomic mass is 79.9. The number of halogens is 2. The molecule has 1 heterocycles. The predicted molar refractivity (Wildman–Crippen MR) is 96.3 cm³/mol. The topological polar surface area (TPSA) is 21.3 Å². The Kier molecular flexibility index (Phi) is 4.08. The standard InChI is InChI=1S/C20H15BrFNO/c21-15-8-11-18-17(12-15)19(13-4-2-1-3-5-13)24-20(23-18)14-6-9-16(22)10-7-14/h1-12,19-20,23H/t19-,20+/m1/s1. The van der Waals surface area contributed by atoms with Crippen molar-refractivity contribution in [1.82, 2.24) is 0 Å². The van der Waals surface area contributed by atoms with E-state index in [0.717, 1.165) is 26.9 Å². The van der Waals surface area contributed by atoms with Crippen molar-refractivity contribution in [1.29, 1.82) is 0 Å². The van der Waals surface area contributed by atoms with Crippen LogP contribution in [-0.4, -0.2) is 0 Å². The Hall–Kier alpha value is -2.17. The molecule has 0 radical (unpaired) electrons. The molecule has 0 saturated heterocycles. The molecule has 1 N–H and O–H groups in total. The fourth-order valence-corrected chi connectivity index (χ4v) is 3.33. The van der Waals surface area contributed by atoms with Gasteiger partial charge in [0.2, 0.25) is 0 Å². The van der Waals surface area contributed by atoms with Gasteiger partial charge < -0.3 is 10.1 Å². The zero-order valence-corrected chi connectivity index (χ0v) is 14.3. The molecule has 4 rings (SSSR count). The molecule has 3 aromatic rings. The van der Waals surface area contributed by atoms with Gasteiger partial charge in [-0.1, -0.05) is 58.4 Å². The van der Waals surface area contributed by atoms with Crippen molar-refractivity contribution in [2.24, 2.45) is 0 Å². The number of ether oxygens (including phenoxy) is 1. The monoisotopic (exact) mass is 383 g/mol. The molecular weight excluding hydrogens is 369 g/mol. The zero-order chi connectivity index (χ0) is 16.5. The lowest BCUT2D eigenvalue weighted by Gasteiger charge is -2.34. The lowest BCUT2D eigenvalue weighted by Crippen LogP contribution is -2.25. The first-order chi connectivity index (χ1) is 11.7. The van der Waals surface area contributed by atoms with Gasteiger partial charge in [-0.15, -0.1) is 0 Å². The van der Waals surface area contributed by atoms with E-state index in [2.05, 4.69) is 39.4 Å². The largest absolute Gasteiger partial charge is 0.356 e. The molecule has 0 saturated carbocycles. The van der Waals surface area contributed by atoms with E-state index >= 15 is 0 Å². The van der Waals surface area contributed by atoms with Gasteiger partial charge in [-0.25, -0.2) is 4.39 Å². The highest BCUT2D eigenvalue weighted by Gasteiger charge is 2.29. The number of anilines is 1. The molecule has 0 aliphatic carbocycles. The maximum Gasteiger partial charge on any atom is 0.155 e. The van der Waals surface area contributed by atoms with E-state index in [1.807, 2.05) is 30.3 Å². The number of nitrogens with one attached hydrogen (secondary N) is 1. The second kappa shape index (κ2) is 6.38. The summed E-state index contributed by atoms with van der Waals surface area (Å²) in [5.41, 5.74) is 4.08. The third-order valence-corrected chi connectivity index (χ3v) is 4.62. The Morgan fingerprint density at radius 3 is 2.38 bits per heavy atom. The molecular formula is C20H15BrFNO. The summed E-state index contributed by atoms with van der Waals surface area (Å²) in [6.45, 7) is 0. The van der Waals surface area contributed by atoms with Crippen LogP contribution in [0, 0.1) is 5.82 Å². The van der Waals surface area contributed by atoms with E-state index in [0.29, 0.717) is 0 Å². The van der Waals surface area contributed by atoms with Crippen LogP contribution in [0.15, 0.2) is 77.3 Å². The van der Waals surface area contributed by atoms with Crippen LogP contribution in [0.5, 0.6) is 0 Å². The first kappa shape index (κ1) is 15.4. The van der Waals surface area contributed by atoms with Crippen molar-refractivity contribution in [2.75, 3.05) is 5.32 Å². The Bertz CT molecular complexity index is 851. The van der Waals surface area contributed by atoms with Crippen LogP contribution in [0.2, 0.25) is 0 Å². The van der Waals surface area contributed by atoms with Gasteiger partial charge in [0.25, 0.3) is 0 Å². The van der Waals surface area contributed by atoms with Crippen LogP contribution in [0.25, 0.3) is 0 Å². The van der Waals surface area contributed by atoms with E-state index in [1.165, 1.54) is 12.1 Å². The summed E-state index contributed by atoms with van der Waals surface area (Å²) in [4.78, 5) is 0. The molecule has 0 unspecified atom stereocenters. The van der Waals surface area contributed by atoms with Gasteiger partial charge in [-0.05, 0) is 35.9 Å². The summed E-state index contributed by atoms with van der Waals surface area (Å²) < 4.78 is 20.5. The first-order valence-electron chi connectivity index (χ1n) is 7.72. The SMILES string of the molecule is Fc1ccc([C@H]2Nc3ccc(Br)cc3[C@@H](c3ccccc3)O2)cc1. The molecule has 2 atom stereocenters. The lowest BCUT2D eigenvalue weighted by atomic mass is 9.97. The van der Waals surface area contributed by atoms with E-state index in [9.17, 15) is 4.39 Å². The molecule has 2 nitrogen and oxygen atoms in total. The van der Waals surface area contributed by atoms with Crippen LogP contribution in [0.1, 0.15) is 29.0 Å². The first-order valence-corrected chi connectivity index (χ1v) is 8.52. The Morgan fingerprint density at radius 1 is 0.875 bits per heavy atom. The predicted octanol–water partition coefficient (Wildman–Crippen LogP) is 5.82. The van der Waals surface area contributed by atoms with Crippen molar-refractivity contribution in [3.63, 3.8) is 0 Å². The van der Waals surface area contributed by atoms with Crippen LogP contribution in [-0.2, 0) is 4.74 Å². The second-order valence-electron chi connectivity index (χ2n) is 5.73. The molecule has 24 heavy (non-hydrogen) atoms. The third-order valence-electron chi connectivity index (χ3n) is 4.13. The smallest absolute Gasteiger partial charge is 0.155 e. The lowest BCUT2D eigenvalue weighted by molar-refractivity contribution is 0.0157. The van der Waals surface area contributed by atoms with E-state index in [1.54, 1.807) is 12.1 Å². The van der Waals surface area contributed by atoms with Gasteiger partial charge in [0.15, 0.2) is 6.23 Å². The van der Waals surface area contributed by atoms with E-state index in [-0.39, 0.29) is 18.1 Å². The quantitative estimate of drug-likeness (QED) is 0.601. The highest BCUT2D eigenvalue weighted by Crippen LogP contribution is 2.42. The van der Waals surface area contributed by atoms with Crippen LogP contribution >= 0.6 is 15.9 Å². The molecule has 0 amide bonds. The normalized spacial score (nSPS) is 19.4. The van der Waals surface area contributed by atoms with Gasteiger partial charge in [0, 0.05) is 21.3 Å². The van der Waals surface area contributed by atoms with Gasteiger partial charge in [-0.2, -0.15) is 0 Å². The fraction of sp³-hybridized carbons (Fsp3) is 0.100. The summed E-state index contributed by atoms with van der Waals surface area (Å²) >= 11 is 3.53. The average molecular weight is 384 g/mol. The van der Waals surface area contributed by atoms with Gasteiger partial charge in [-0.3, -0.25) is 0 Å². The number of benzene rings is 3. The second-order valence-corrected chi connectivity index (χ2v) is 6.65. The van der Waals surface area contributed by atoms with Gasteiger partial charge in [0.05, 0.1) is 0 Å². The molecule has 0 fully saturated rings. The minimum Gasteiger partial charge on any atom is -0.356 e. The van der Waals surface area contributed by atoms with Crippen molar-refractivity contribution < 1.29 is 9.13 Å². The van der Waals surface area contributed by atoms with Crippen molar-refractivity contribution >= 4 is 21.6 Å². The maximum absolute atomic E-state index is 13.2. The number of hydrogen-bond donors (Lipinski definition) is 1. The zero-order valence-electron chi connectivity index (χ0n) is 12.7. The molecule has 0 bridgehead atoms. The third kappa shape index (κ3) is 2.95. The minimum atomic E-state index is -0.329. The van der Waals surface area contributed by atoms with Crippen LogP contribution < -0.4 is 5.32 Å². The van der Waals surface area contributed by atoms with Crippen molar-refractivity contribution in [3.05, 3.63) is 99.8 Å². The summed E-state index contributed by atoms with van der Waals surface area (Å²) in [6, 6.07) is 22.6. The molecule has 0 spiro atoms. The number of fused-ring (bicyclic) bond motifs is 1. The molecule has 4 heteroatoms. The Labute approximate surface area is 148 Å². The molecule has 0 aromatic heterocycles. The van der Waals surface area contributed by atoms with Gasteiger partial charge in [0.1, 0.15) is 11.9 Å². The number of rotatable bonds is 2. The fourth-order valence-electron chi connectivity index (χ4n) is 2.95. The van der Waals surface area contributed by atoms with Crippen LogP contribution in [0.3, 0.4) is 0 Å². The van der Waals surface area contributed by atoms with Crippen molar-refractivity contribution in [2.45, 2.75) is 12.3 Å². The molecule has 3 aromatic carbocycles. The Balaban J connectivity index is 1.77. The summed E-state index contributed by atoms with van der Waals surface area (Å²) in [7, 11) is 0. The summed E-state index contributed by atoms with van der Waals surface area (Å²) in [5, 5.41) is 3.39. The minimum absolute atomic E-state index is 0.185. The average Bonchev–Trinajstić information content (AvgIpc) is 2.62. The van der Waals surface area contributed by atoms with Crippen molar-refractivity contribution in [3.8, 4) is 0 Å². The molecule has 120 valence electrons. The van der Waals surface area contributed by atoms with E-state index < -0.39 is 0 Å². The van der Waals surface area contributed by atoms with Gasteiger partial charge >= 0.3 is 0 Å². The Morgan fingerprint density at radius 2 is 1.62 bits per heavy atom. The molecule has 1 aliphatic rings. The van der Waals surface area contributed by atoms with E-state index in [4.69, 9.17) is 4.74 Å². The maximum atomic E-state index is 13.2. The summed E-state index contributed by atoms with van der Waals surface area (Å²) in [5.74, 6) is -0.251. The highest BCUT2D eigenvalue weighted by molar-refractivity contribution is 9.10. The molecule has 1 aliphatic heterocycles. The summed E-state index contributed by atoms with van der Waals surface area (Å²) in [6.07, 6.45) is -0.514.